The van der Waals surface area contributed by atoms with Crippen molar-refractivity contribution in [2.45, 2.75) is 40.3 Å². The molecular weight excluding hydrogens is 473 g/mol. The zero-order chi connectivity index (χ0) is 19.5. The van der Waals surface area contributed by atoms with Crippen molar-refractivity contribution >= 4 is 29.9 Å². The Bertz CT molecular complexity index is 736. The number of aromatic nitrogens is 2. The van der Waals surface area contributed by atoms with Crippen molar-refractivity contribution in [3.05, 3.63) is 41.0 Å². The maximum atomic E-state index is 5.92. The summed E-state index contributed by atoms with van der Waals surface area (Å²) in [6.07, 6.45) is 0.849. The van der Waals surface area contributed by atoms with Gasteiger partial charge >= 0.3 is 0 Å². The highest BCUT2D eigenvalue weighted by Gasteiger charge is 2.07. The number of rotatable bonds is 10. The van der Waals surface area contributed by atoms with E-state index in [4.69, 9.17) is 14.0 Å². The fraction of sp³-hybridized carbons (Fsp3) is 0.526. The van der Waals surface area contributed by atoms with Crippen molar-refractivity contribution in [3.8, 4) is 5.75 Å². The van der Waals surface area contributed by atoms with Crippen LogP contribution in [0, 0.1) is 13.8 Å². The van der Waals surface area contributed by atoms with Crippen LogP contribution in [-0.4, -0.2) is 43.0 Å². The molecular formula is C19H30IN5O3. The second-order valence-electron chi connectivity index (χ2n) is 6.08. The standard InChI is InChI=1S/C19H29N5O3.HI/c1-5-20-19(22-13-18-23-15(3)27-24-18)21-12-16-8-7-14(2)11-17(16)26-10-6-9-25-4;/h7-8,11H,5-6,9-10,12-13H2,1-4H3,(H2,20,21,22);1H. The van der Waals surface area contributed by atoms with Crippen molar-refractivity contribution in [1.29, 1.82) is 0 Å². The Morgan fingerprint density at radius 3 is 2.71 bits per heavy atom. The normalized spacial score (nSPS) is 11.1. The first kappa shape index (κ1) is 24.2. The molecule has 8 nitrogen and oxygen atoms in total. The summed E-state index contributed by atoms with van der Waals surface area (Å²) in [6.45, 7) is 8.83. The number of ether oxygens (including phenoxy) is 2. The molecule has 0 aliphatic heterocycles. The molecule has 0 fully saturated rings. The molecule has 0 radical (unpaired) electrons. The number of halogens is 1. The summed E-state index contributed by atoms with van der Waals surface area (Å²) in [6, 6.07) is 6.16. The van der Waals surface area contributed by atoms with Crippen molar-refractivity contribution in [1.82, 2.24) is 20.8 Å². The molecule has 0 saturated heterocycles. The van der Waals surface area contributed by atoms with E-state index >= 15 is 0 Å². The molecule has 2 rings (SSSR count). The summed E-state index contributed by atoms with van der Waals surface area (Å²) < 4.78 is 16.0. The molecule has 1 aromatic heterocycles. The van der Waals surface area contributed by atoms with E-state index in [1.54, 1.807) is 14.0 Å². The Morgan fingerprint density at radius 1 is 1.21 bits per heavy atom. The van der Waals surface area contributed by atoms with E-state index in [1.165, 1.54) is 0 Å². The van der Waals surface area contributed by atoms with Crippen LogP contribution in [0.15, 0.2) is 27.7 Å². The molecule has 1 heterocycles. The number of aliphatic imine (C=N–C) groups is 1. The molecule has 0 bridgehead atoms. The largest absolute Gasteiger partial charge is 0.493 e. The zero-order valence-electron chi connectivity index (χ0n) is 16.9. The van der Waals surface area contributed by atoms with Gasteiger partial charge in [0.05, 0.1) is 19.7 Å². The minimum atomic E-state index is 0. The third-order valence-electron chi connectivity index (χ3n) is 3.71. The molecule has 0 amide bonds. The minimum absolute atomic E-state index is 0. The molecule has 0 atom stereocenters. The van der Waals surface area contributed by atoms with Crippen molar-refractivity contribution in [3.63, 3.8) is 0 Å². The Morgan fingerprint density at radius 2 is 2.04 bits per heavy atom. The number of guanidine groups is 1. The summed E-state index contributed by atoms with van der Waals surface area (Å²) in [7, 11) is 1.69. The fourth-order valence-electron chi connectivity index (χ4n) is 2.39. The molecule has 2 aromatic rings. The molecule has 1 aromatic carbocycles. The maximum Gasteiger partial charge on any atom is 0.223 e. The topological polar surface area (TPSA) is 93.8 Å². The lowest BCUT2D eigenvalue weighted by Gasteiger charge is -2.13. The molecule has 156 valence electrons. The second kappa shape index (κ2) is 13.3. The van der Waals surface area contributed by atoms with Crippen LogP contribution in [0.2, 0.25) is 0 Å². The number of nitrogens with zero attached hydrogens (tertiary/aromatic N) is 3. The number of nitrogens with one attached hydrogen (secondary N) is 2. The number of methoxy groups -OCH3 is 1. The fourth-order valence-corrected chi connectivity index (χ4v) is 2.39. The highest BCUT2D eigenvalue weighted by Crippen LogP contribution is 2.21. The summed E-state index contributed by atoms with van der Waals surface area (Å²) in [5.74, 6) is 2.68. The third-order valence-corrected chi connectivity index (χ3v) is 3.71. The van der Waals surface area contributed by atoms with Crippen LogP contribution in [0.5, 0.6) is 5.75 Å². The zero-order valence-corrected chi connectivity index (χ0v) is 19.3. The third kappa shape index (κ3) is 8.42. The van der Waals surface area contributed by atoms with Gasteiger partial charge in [-0.05, 0) is 25.5 Å². The van der Waals surface area contributed by atoms with Crippen LogP contribution in [0.1, 0.15) is 36.2 Å². The Labute approximate surface area is 183 Å². The molecule has 9 heteroatoms. The van der Waals surface area contributed by atoms with Gasteiger partial charge in [0.1, 0.15) is 5.75 Å². The minimum Gasteiger partial charge on any atom is -0.493 e. The lowest BCUT2D eigenvalue weighted by atomic mass is 10.1. The first-order valence-electron chi connectivity index (χ1n) is 9.15. The number of hydrogen-bond donors (Lipinski definition) is 2. The van der Waals surface area contributed by atoms with Crippen molar-refractivity contribution in [2.75, 3.05) is 26.9 Å². The van der Waals surface area contributed by atoms with E-state index in [-0.39, 0.29) is 24.0 Å². The first-order valence-corrected chi connectivity index (χ1v) is 9.15. The Kier molecular flexibility index (Phi) is 11.5. The quantitative estimate of drug-likeness (QED) is 0.223. The molecule has 0 spiro atoms. The van der Waals surface area contributed by atoms with Crippen molar-refractivity contribution < 1.29 is 14.0 Å². The molecule has 0 aliphatic carbocycles. The summed E-state index contributed by atoms with van der Waals surface area (Å²) in [4.78, 5) is 8.82. The van der Waals surface area contributed by atoms with Crippen LogP contribution in [-0.2, 0) is 17.8 Å². The van der Waals surface area contributed by atoms with Gasteiger partial charge in [-0.3, -0.25) is 0 Å². The van der Waals surface area contributed by atoms with Gasteiger partial charge < -0.3 is 24.6 Å². The van der Waals surface area contributed by atoms with E-state index in [0.717, 1.165) is 29.8 Å². The first-order chi connectivity index (χ1) is 13.1. The highest BCUT2D eigenvalue weighted by molar-refractivity contribution is 14.0. The van der Waals surface area contributed by atoms with Gasteiger partial charge in [-0.25, -0.2) is 4.99 Å². The van der Waals surface area contributed by atoms with Crippen LogP contribution in [0.25, 0.3) is 0 Å². The Hall–Kier alpha value is -1.88. The predicted octanol–water partition coefficient (Wildman–Crippen LogP) is 2.98. The van der Waals surface area contributed by atoms with Crippen molar-refractivity contribution in [2.24, 2.45) is 4.99 Å². The van der Waals surface area contributed by atoms with Gasteiger partial charge in [-0.1, -0.05) is 17.3 Å². The second-order valence-corrected chi connectivity index (χ2v) is 6.08. The lowest BCUT2D eigenvalue weighted by molar-refractivity contribution is 0.172. The summed E-state index contributed by atoms with van der Waals surface area (Å²) in [5, 5.41) is 10.3. The average Bonchev–Trinajstić information content (AvgIpc) is 3.07. The summed E-state index contributed by atoms with van der Waals surface area (Å²) in [5.41, 5.74) is 2.19. The van der Waals surface area contributed by atoms with Gasteiger partial charge in [0.25, 0.3) is 0 Å². The average molecular weight is 503 g/mol. The van der Waals surface area contributed by atoms with Gasteiger partial charge in [0.15, 0.2) is 11.8 Å². The maximum absolute atomic E-state index is 5.92. The van der Waals surface area contributed by atoms with E-state index in [2.05, 4.69) is 37.9 Å². The van der Waals surface area contributed by atoms with E-state index in [0.29, 0.717) is 44.0 Å². The van der Waals surface area contributed by atoms with Crippen LogP contribution in [0.3, 0.4) is 0 Å². The SMILES string of the molecule is CCNC(=NCc1ccc(C)cc1OCCCOC)NCc1noc(C)n1.I. The number of aryl methyl sites for hydroxylation is 2. The van der Waals surface area contributed by atoms with Gasteiger partial charge in [0.2, 0.25) is 5.89 Å². The van der Waals surface area contributed by atoms with Crippen LogP contribution >= 0.6 is 24.0 Å². The monoisotopic (exact) mass is 503 g/mol. The smallest absolute Gasteiger partial charge is 0.223 e. The Balaban J connectivity index is 0.00000392. The molecule has 28 heavy (non-hydrogen) atoms. The highest BCUT2D eigenvalue weighted by atomic mass is 127. The summed E-state index contributed by atoms with van der Waals surface area (Å²) >= 11 is 0. The molecule has 0 saturated carbocycles. The van der Waals surface area contributed by atoms with Gasteiger partial charge in [-0.15, -0.1) is 24.0 Å². The van der Waals surface area contributed by atoms with Gasteiger partial charge in [-0.2, -0.15) is 4.98 Å². The van der Waals surface area contributed by atoms with Gasteiger partial charge in [0, 0.05) is 39.2 Å². The lowest BCUT2D eigenvalue weighted by Crippen LogP contribution is -2.37. The van der Waals surface area contributed by atoms with E-state index in [1.807, 2.05) is 19.9 Å². The van der Waals surface area contributed by atoms with Crippen LogP contribution < -0.4 is 15.4 Å². The van der Waals surface area contributed by atoms with E-state index in [9.17, 15) is 0 Å². The van der Waals surface area contributed by atoms with Crippen LogP contribution in [0.4, 0.5) is 0 Å². The molecule has 2 N–H and O–H groups in total. The molecule has 0 unspecified atom stereocenters. The number of hydrogen-bond acceptors (Lipinski definition) is 6. The molecule has 0 aliphatic rings. The van der Waals surface area contributed by atoms with E-state index < -0.39 is 0 Å². The predicted molar refractivity (Wildman–Crippen MR) is 119 cm³/mol. The number of benzene rings is 1.